The molecule has 0 aliphatic rings. The van der Waals surface area contributed by atoms with Gasteiger partial charge in [0.15, 0.2) is 5.17 Å². The van der Waals surface area contributed by atoms with Crippen LogP contribution in [0, 0.1) is 0 Å². The minimum atomic E-state index is 0.669. The molecule has 0 heterocycles. The number of thioether (sulfide) groups is 1. The van der Waals surface area contributed by atoms with Crippen LogP contribution in [0.4, 0.5) is 0 Å². The minimum Gasteiger partial charge on any atom is -0.264 e. The summed E-state index contributed by atoms with van der Waals surface area (Å²) in [6, 6.07) is 0. The van der Waals surface area contributed by atoms with Gasteiger partial charge in [0.1, 0.15) is 0 Å². The lowest BCUT2D eigenvalue weighted by molar-refractivity contribution is 1.44. The molecule has 0 bridgehead atoms. The molecular weight excluding hydrogens is 132 g/mol. The summed E-state index contributed by atoms with van der Waals surface area (Å²) in [5.41, 5.74) is 0. The third kappa shape index (κ3) is 3.97. The summed E-state index contributed by atoms with van der Waals surface area (Å²) >= 11 is 1.43. The fourth-order valence-corrected chi connectivity index (χ4v) is 0.772. The van der Waals surface area contributed by atoms with Crippen LogP contribution in [-0.2, 0) is 0 Å². The molecule has 0 saturated heterocycles. The molecule has 0 rings (SSSR count). The first kappa shape index (κ1) is 8.43. The Balaban J connectivity index is 3.86. The number of nitrogens with zero attached hydrogens (tertiary/aromatic N) is 2. The molecule has 0 aromatic rings. The second-order valence-electron chi connectivity index (χ2n) is 1.47. The summed E-state index contributed by atoms with van der Waals surface area (Å²) in [5, 5.41) is 0.669. The van der Waals surface area contributed by atoms with Crippen LogP contribution in [0.15, 0.2) is 21.5 Å². The van der Waals surface area contributed by atoms with Gasteiger partial charge in [0.2, 0.25) is 0 Å². The maximum atomic E-state index is 3.84. The van der Waals surface area contributed by atoms with Gasteiger partial charge >= 0.3 is 0 Å². The topological polar surface area (TPSA) is 24.7 Å². The molecule has 0 amide bonds. The van der Waals surface area contributed by atoms with Crippen LogP contribution in [0.5, 0.6) is 0 Å². The van der Waals surface area contributed by atoms with E-state index in [1.54, 1.807) is 7.05 Å². The van der Waals surface area contributed by atoms with Crippen molar-refractivity contribution in [3.05, 3.63) is 11.5 Å². The molecule has 3 heteroatoms. The molecule has 2 nitrogen and oxygen atoms in total. The Morgan fingerprint density at radius 3 is 2.22 bits per heavy atom. The van der Waals surface area contributed by atoms with E-state index in [9.17, 15) is 0 Å². The first-order valence-corrected chi connectivity index (χ1v) is 3.29. The number of amidine groups is 1. The average Bonchev–Trinajstić information content (AvgIpc) is 1.82. The summed E-state index contributed by atoms with van der Waals surface area (Å²) in [4.78, 5) is 8.46. The Morgan fingerprint density at radius 1 is 1.56 bits per heavy atom. The van der Waals surface area contributed by atoms with Crippen molar-refractivity contribution in [2.24, 2.45) is 9.98 Å². The summed E-state index contributed by atoms with van der Waals surface area (Å²) in [7, 11) is 1.68. The highest BCUT2D eigenvalue weighted by molar-refractivity contribution is 8.17. The van der Waals surface area contributed by atoms with E-state index in [1.165, 1.54) is 11.8 Å². The van der Waals surface area contributed by atoms with Crippen LogP contribution in [0.3, 0.4) is 0 Å². The zero-order valence-electron chi connectivity index (χ0n) is 5.72. The van der Waals surface area contributed by atoms with E-state index < -0.39 is 0 Å². The molecule has 0 radical (unpaired) electrons. The number of allylic oxidation sites excluding steroid dienone is 1. The van der Waals surface area contributed by atoms with Crippen molar-refractivity contribution in [2.45, 2.75) is 6.92 Å². The average molecular weight is 142 g/mol. The fourth-order valence-electron chi connectivity index (χ4n) is 0.304. The van der Waals surface area contributed by atoms with Gasteiger partial charge in [-0.15, -0.1) is 0 Å². The number of hydrogen-bond donors (Lipinski definition) is 0. The summed E-state index contributed by atoms with van der Waals surface area (Å²) in [5.74, 6) is 0. The Hall–Kier alpha value is -0.570. The smallest absolute Gasteiger partial charge is 0.186 e. The third-order valence-corrected chi connectivity index (χ3v) is 1.43. The normalized spacial score (nSPS) is 11.1. The van der Waals surface area contributed by atoms with Gasteiger partial charge in [-0.1, -0.05) is 18.3 Å². The van der Waals surface area contributed by atoms with Crippen molar-refractivity contribution in [3.63, 3.8) is 0 Å². The summed E-state index contributed by atoms with van der Waals surface area (Å²) < 4.78 is 0. The van der Waals surface area contributed by atoms with Gasteiger partial charge in [-0.2, -0.15) is 0 Å². The van der Waals surface area contributed by atoms with E-state index in [2.05, 4.69) is 23.3 Å². The molecule has 0 fully saturated rings. The van der Waals surface area contributed by atoms with E-state index in [1.807, 2.05) is 6.92 Å². The van der Waals surface area contributed by atoms with Crippen LogP contribution < -0.4 is 0 Å². The Labute approximate surface area is 59.8 Å². The first-order chi connectivity index (χ1) is 4.20. The van der Waals surface area contributed by atoms with Crippen LogP contribution in [0.1, 0.15) is 6.92 Å². The van der Waals surface area contributed by atoms with E-state index in [4.69, 9.17) is 0 Å². The first-order valence-electron chi connectivity index (χ1n) is 2.47. The van der Waals surface area contributed by atoms with Crippen LogP contribution >= 0.6 is 11.8 Å². The molecule has 50 valence electrons. The lowest BCUT2D eigenvalue weighted by atomic mass is 10.8. The maximum Gasteiger partial charge on any atom is 0.186 e. The molecule has 0 unspecified atom stereocenters. The van der Waals surface area contributed by atoms with Crippen LogP contribution in [0.2, 0.25) is 0 Å². The van der Waals surface area contributed by atoms with Gasteiger partial charge in [-0.3, -0.25) is 4.99 Å². The van der Waals surface area contributed by atoms with Gasteiger partial charge < -0.3 is 0 Å². The standard InChI is InChI=1S/C6H10N2S/c1-5(2)9-6(7-3)8-4/h1,3H2,2,4H3/b8-6-. The molecule has 0 aliphatic carbocycles. The second kappa shape index (κ2) is 4.32. The van der Waals surface area contributed by atoms with Crippen molar-refractivity contribution in [1.29, 1.82) is 0 Å². The lowest BCUT2D eigenvalue weighted by Gasteiger charge is -1.94. The van der Waals surface area contributed by atoms with E-state index in [0.29, 0.717) is 5.17 Å². The zero-order valence-corrected chi connectivity index (χ0v) is 6.53. The van der Waals surface area contributed by atoms with E-state index in [-0.39, 0.29) is 0 Å². The van der Waals surface area contributed by atoms with Crippen LogP contribution in [0.25, 0.3) is 0 Å². The van der Waals surface area contributed by atoms with E-state index in [0.717, 1.165) is 4.91 Å². The number of rotatable bonds is 1. The SMILES string of the molecule is C=N/C(=N/C)SC(=C)C. The Kier molecular flexibility index (Phi) is 4.05. The fraction of sp³-hybridized carbons (Fsp3) is 0.333. The second-order valence-corrected chi connectivity index (χ2v) is 2.73. The van der Waals surface area contributed by atoms with Gasteiger partial charge in [0.25, 0.3) is 0 Å². The minimum absolute atomic E-state index is 0.669. The predicted molar refractivity (Wildman–Crippen MR) is 45.3 cm³/mol. The highest BCUT2D eigenvalue weighted by atomic mass is 32.2. The van der Waals surface area contributed by atoms with Crippen molar-refractivity contribution in [2.75, 3.05) is 7.05 Å². The molecule has 0 aromatic heterocycles. The van der Waals surface area contributed by atoms with E-state index >= 15 is 0 Å². The van der Waals surface area contributed by atoms with Crippen molar-refractivity contribution < 1.29 is 0 Å². The highest BCUT2D eigenvalue weighted by Gasteiger charge is 1.92. The molecule has 0 spiro atoms. The third-order valence-electron chi connectivity index (χ3n) is 0.592. The molecular formula is C6H10N2S. The monoisotopic (exact) mass is 142 g/mol. The van der Waals surface area contributed by atoms with Crippen molar-refractivity contribution >= 4 is 23.6 Å². The predicted octanol–water partition coefficient (Wildman–Crippen LogP) is 1.94. The Morgan fingerprint density at radius 2 is 2.11 bits per heavy atom. The molecule has 0 aromatic carbocycles. The molecule has 0 aliphatic heterocycles. The summed E-state index contributed by atoms with van der Waals surface area (Å²) in [6.45, 7) is 8.93. The molecule has 0 atom stereocenters. The highest BCUT2D eigenvalue weighted by Crippen LogP contribution is 2.14. The largest absolute Gasteiger partial charge is 0.264 e. The quantitative estimate of drug-likeness (QED) is 0.405. The van der Waals surface area contributed by atoms with Crippen LogP contribution in [-0.4, -0.2) is 18.9 Å². The number of hydrogen-bond acceptors (Lipinski definition) is 2. The van der Waals surface area contributed by atoms with Crippen molar-refractivity contribution in [3.8, 4) is 0 Å². The van der Waals surface area contributed by atoms with Crippen molar-refractivity contribution in [1.82, 2.24) is 0 Å². The lowest BCUT2D eigenvalue weighted by Crippen LogP contribution is -1.83. The molecule has 0 N–H and O–H groups in total. The van der Waals surface area contributed by atoms with Gasteiger partial charge in [-0.05, 0) is 18.5 Å². The molecule has 0 saturated carbocycles. The van der Waals surface area contributed by atoms with Gasteiger partial charge in [0, 0.05) is 7.05 Å². The summed E-state index contributed by atoms with van der Waals surface area (Å²) in [6.07, 6.45) is 0. The number of aliphatic imine (C=N–C) groups is 2. The van der Waals surface area contributed by atoms with Gasteiger partial charge in [0.05, 0.1) is 0 Å². The molecule has 9 heavy (non-hydrogen) atoms. The van der Waals surface area contributed by atoms with Gasteiger partial charge in [-0.25, -0.2) is 4.99 Å². The zero-order chi connectivity index (χ0) is 7.28. The Bertz CT molecular complexity index is 149. The maximum absolute atomic E-state index is 3.84.